The van der Waals surface area contributed by atoms with Crippen LogP contribution in [0.3, 0.4) is 0 Å². The minimum atomic E-state index is -3.55. The zero-order valence-corrected chi connectivity index (χ0v) is 18.2. The molecule has 0 saturated heterocycles. The van der Waals surface area contributed by atoms with Crippen LogP contribution in [0.5, 0.6) is 0 Å². The molecule has 9 nitrogen and oxygen atoms in total. The molecule has 0 unspecified atom stereocenters. The summed E-state index contributed by atoms with van der Waals surface area (Å²) in [6, 6.07) is 4.80. The van der Waals surface area contributed by atoms with E-state index in [1.54, 1.807) is 12.1 Å². The van der Waals surface area contributed by atoms with Crippen LogP contribution in [-0.4, -0.2) is 66.2 Å². The van der Waals surface area contributed by atoms with Gasteiger partial charge in [0.05, 0.1) is 22.5 Å². The number of carbonyl (C=O) groups is 2. The number of nitrogens with zero attached hydrogens (tertiary/aromatic N) is 4. The Balaban J connectivity index is 2.20. The summed E-state index contributed by atoms with van der Waals surface area (Å²) in [6.45, 7) is 2.41. The van der Waals surface area contributed by atoms with Crippen LogP contribution in [-0.2, 0) is 33.1 Å². The number of amides is 2. The molecule has 0 bridgehead atoms. The quantitative estimate of drug-likeness (QED) is 0.608. The fraction of sp³-hybridized carbons (Fsp3) is 0.526. The highest BCUT2D eigenvalue weighted by Crippen LogP contribution is 2.22. The molecule has 0 aliphatic heterocycles. The van der Waals surface area contributed by atoms with E-state index >= 15 is 0 Å². The van der Waals surface area contributed by atoms with E-state index in [0.717, 1.165) is 22.7 Å². The summed E-state index contributed by atoms with van der Waals surface area (Å²) >= 11 is 0. The third-order valence-corrected chi connectivity index (χ3v) is 6.58. The maximum absolute atomic E-state index is 12.5. The molecular formula is C19H29N5O4S. The monoisotopic (exact) mass is 423 g/mol. The first kappa shape index (κ1) is 22.8. The van der Waals surface area contributed by atoms with Crippen molar-refractivity contribution in [2.75, 3.05) is 27.2 Å². The number of imidazole rings is 1. The number of hydrogen-bond acceptors (Lipinski definition) is 5. The van der Waals surface area contributed by atoms with Crippen LogP contribution in [0.1, 0.15) is 32.0 Å². The summed E-state index contributed by atoms with van der Waals surface area (Å²) in [6.07, 6.45) is 2.28. The highest BCUT2D eigenvalue weighted by Gasteiger charge is 2.20. The zero-order chi connectivity index (χ0) is 21.8. The van der Waals surface area contributed by atoms with Gasteiger partial charge in [-0.05, 0) is 24.6 Å². The molecule has 1 aromatic heterocycles. The van der Waals surface area contributed by atoms with Crippen molar-refractivity contribution in [2.24, 2.45) is 12.8 Å². The normalized spacial score (nSPS) is 11.9. The average molecular weight is 424 g/mol. The van der Waals surface area contributed by atoms with Gasteiger partial charge in [-0.25, -0.2) is 17.7 Å². The lowest BCUT2D eigenvalue weighted by atomic mass is 10.2. The van der Waals surface area contributed by atoms with Gasteiger partial charge < -0.3 is 15.2 Å². The van der Waals surface area contributed by atoms with Crippen molar-refractivity contribution >= 4 is 32.9 Å². The van der Waals surface area contributed by atoms with Gasteiger partial charge in [0.25, 0.3) is 0 Å². The second-order valence-corrected chi connectivity index (χ2v) is 9.31. The van der Waals surface area contributed by atoms with Crippen LogP contribution in [0.15, 0.2) is 23.1 Å². The SMILES string of the molecule is CCCCN(CC(N)=O)C(=O)CCc1nc2cc(S(=O)(=O)N(C)C)ccc2n1C. The third kappa shape index (κ3) is 5.33. The van der Waals surface area contributed by atoms with Gasteiger partial charge in [0.15, 0.2) is 0 Å². The van der Waals surface area contributed by atoms with E-state index in [-0.39, 0.29) is 23.8 Å². The number of hydrogen-bond donors (Lipinski definition) is 1. The van der Waals surface area contributed by atoms with E-state index in [0.29, 0.717) is 24.3 Å². The standard InChI is InChI=1S/C19H29N5O4S/c1-5-6-11-24(13-17(20)25)19(26)10-9-18-21-15-12-14(29(27,28)22(2)3)7-8-16(15)23(18)4/h7-8,12H,5-6,9-11,13H2,1-4H3,(H2,20,25). The van der Waals surface area contributed by atoms with Crippen LogP contribution in [0.2, 0.25) is 0 Å². The van der Waals surface area contributed by atoms with Crippen molar-refractivity contribution in [1.29, 1.82) is 0 Å². The number of unbranched alkanes of at least 4 members (excludes halogenated alkanes) is 1. The maximum Gasteiger partial charge on any atom is 0.242 e. The number of aromatic nitrogens is 2. The number of aryl methyl sites for hydroxylation is 2. The lowest BCUT2D eigenvalue weighted by molar-refractivity contribution is -0.135. The smallest absolute Gasteiger partial charge is 0.242 e. The van der Waals surface area contributed by atoms with E-state index in [2.05, 4.69) is 4.98 Å². The molecule has 0 saturated carbocycles. The molecule has 0 aliphatic carbocycles. The van der Waals surface area contributed by atoms with Crippen LogP contribution >= 0.6 is 0 Å². The van der Waals surface area contributed by atoms with Gasteiger partial charge >= 0.3 is 0 Å². The second kappa shape index (κ2) is 9.36. The molecule has 0 aliphatic rings. The van der Waals surface area contributed by atoms with Gasteiger partial charge in [-0.15, -0.1) is 0 Å². The van der Waals surface area contributed by atoms with Gasteiger partial charge in [0, 0.05) is 40.5 Å². The summed E-state index contributed by atoms with van der Waals surface area (Å²) < 4.78 is 27.7. The molecule has 1 aromatic carbocycles. The predicted octanol–water partition coefficient (Wildman–Crippen LogP) is 0.870. The molecule has 10 heteroatoms. The Morgan fingerprint density at radius 2 is 1.93 bits per heavy atom. The fourth-order valence-corrected chi connectivity index (χ4v) is 3.95. The molecule has 0 fully saturated rings. The Morgan fingerprint density at radius 3 is 2.52 bits per heavy atom. The van der Waals surface area contributed by atoms with Gasteiger partial charge in [-0.1, -0.05) is 13.3 Å². The Kier molecular flexibility index (Phi) is 7.37. The minimum absolute atomic E-state index is 0.0901. The summed E-state index contributed by atoms with van der Waals surface area (Å²) in [5.41, 5.74) is 6.59. The third-order valence-electron chi connectivity index (χ3n) is 4.77. The number of sulfonamides is 1. The van der Waals surface area contributed by atoms with E-state index in [4.69, 9.17) is 5.73 Å². The molecule has 160 valence electrons. The zero-order valence-electron chi connectivity index (χ0n) is 17.4. The summed E-state index contributed by atoms with van der Waals surface area (Å²) in [5.74, 6) is -0.0192. The Hall–Kier alpha value is -2.46. The Labute approximate surface area is 171 Å². The molecule has 2 N–H and O–H groups in total. The van der Waals surface area contributed by atoms with Crippen LogP contribution in [0.25, 0.3) is 11.0 Å². The lowest BCUT2D eigenvalue weighted by Crippen LogP contribution is -2.39. The van der Waals surface area contributed by atoms with E-state index in [9.17, 15) is 18.0 Å². The average Bonchev–Trinajstić information content (AvgIpc) is 2.98. The minimum Gasteiger partial charge on any atom is -0.368 e. The molecule has 29 heavy (non-hydrogen) atoms. The first-order valence-electron chi connectivity index (χ1n) is 9.51. The Morgan fingerprint density at radius 1 is 1.24 bits per heavy atom. The van der Waals surface area contributed by atoms with Crippen molar-refractivity contribution in [2.45, 2.75) is 37.5 Å². The second-order valence-electron chi connectivity index (χ2n) is 7.16. The number of nitrogens with two attached hydrogens (primary N) is 1. The van der Waals surface area contributed by atoms with Gasteiger partial charge in [-0.2, -0.15) is 0 Å². The number of carbonyl (C=O) groups excluding carboxylic acids is 2. The molecule has 0 radical (unpaired) electrons. The van der Waals surface area contributed by atoms with Crippen molar-refractivity contribution in [3.8, 4) is 0 Å². The van der Waals surface area contributed by atoms with Crippen LogP contribution in [0, 0.1) is 0 Å². The van der Waals surface area contributed by atoms with Gasteiger partial charge in [0.1, 0.15) is 5.82 Å². The molecule has 0 atom stereocenters. The van der Waals surface area contributed by atoms with E-state index in [1.807, 2.05) is 18.5 Å². The first-order valence-corrected chi connectivity index (χ1v) is 11.0. The number of benzene rings is 1. The fourth-order valence-electron chi connectivity index (χ4n) is 3.03. The highest BCUT2D eigenvalue weighted by atomic mass is 32.2. The predicted molar refractivity (Wildman–Crippen MR) is 111 cm³/mol. The van der Waals surface area contributed by atoms with Crippen LogP contribution in [0.4, 0.5) is 0 Å². The summed E-state index contributed by atoms with van der Waals surface area (Å²) in [5, 5.41) is 0. The summed E-state index contributed by atoms with van der Waals surface area (Å²) in [4.78, 5) is 30.0. The van der Waals surface area contributed by atoms with Gasteiger partial charge in [-0.3, -0.25) is 9.59 Å². The lowest BCUT2D eigenvalue weighted by Gasteiger charge is -2.20. The maximum atomic E-state index is 12.5. The Bertz CT molecular complexity index is 997. The highest BCUT2D eigenvalue weighted by molar-refractivity contribution is 7.89. The molecule has 0 spiro atoms. The van der Waals surface area contributed by atoms with Gasteiger partial charge in [0.2, 0.25) is 21.8 Å². The van der Waals surface area contributed by atoms with E-state index in [1.165, 1.54) is 25.1 Å². The van der Waals surface area contributed by atoms with E-state index < -0.39 is 15.9 Å². The number of primary amides is 1. The summed E-state index contributed by atoms with van der Waals surface area (Å²) in [7, 11) is 1.23. The topological polar surface area (TPSA) is 119 Å². The molecule has 2 amide bonds. The molecule has 2 rings (SSSR count). The number of rotatable bonds is 10. The van der Waals surface area contributed by atoms with Crippen LogP contribution < -0.4 is 5.73 Å². The first-order chi connectivity index (χ1) is 13.6. The molecule has 1 heterocycles. The van der Waals surface area contributed by atoms with Crippen molar-refractivity contribution in [3.63, 3.8) is 0 Å². The largest absolute Gasteiger partial charge is 0.368 e. The van der Waals surface area contributed by atoms with Crippen molar-refractivity contribution in [1.82, 2.24) is 18.8 Å². The molecular weight excluding hydrogens is 394 g/mol. The number of fused-ring (bicyclic) bond motifs is 1. The van der Waals surface area contributed by atoms with Crippen molar-refractivity contribution < 1.29 is 18.0 Å². The van der Waals surface area contributed by atoms with Crippen molar-refractivity contribution in [3.05, 3.63) is 24.0 Å². The molecule has 2 aromatic rings.